The third kappa shape index (κ3) is 5.09. The molecular formula is C15H25N3O2. The summed E-state index contributed by atoms with van der Waals surface area (Å²) in [6.07, 6.45) is 0. The molecule has 1 aromatic rings. The summed E-state index contributed by atoms with van der Waals surface area (Å²) in [5.41, 5.74) is 6.83. The number of amides is 1. The number of carbonyl (C=O) groups excluding carboxylic acids is 1. The van der Waals surface area contributed by atoms with Crippen molar-refractivity contribution in [2.24, 2.45) is 0 Å². The predicted octanol–water partition coefficient (Wildman–Crippen LogP) is 1.74. The SMILES string of the molecule is CCOc1cc(N)cc(C(=O)NCCN(C)C(C)C)c1. The molecule has 20 heavy (non-hydrogen) atoms. The standard InChI is InChI=1S/C15H25N3O2/c1-5-20-14-9-12(8-13(16)10-14)15(19)17-6-7-18(4)11(2)3/h8-11H,5-7,16H2,1-4H3,(H,17,19). The number of nitrogens with two attached hydrogens (primary N) is 1. The van der Waals surface area contributed by atoms with Crippen molar-refractivity contribution >= 4 is 11.6 Å². The fraction of sp³-hybridized carbons (Fsp3) is 0.533. The molecule has 0 aliphatic carbocycles. The highest BCUT2D eigenvalue weighted by atomic mass is 16.5. The number of ether oxygens (including phenoxy) is 1. The Balaban J connectivity index is 2.59. The highest BCUT2D eigenvalue weighted by Gasteiger charge is 2.09. The molecule has 0 radical (unpaired) electrons. The van der Waals surface area contributed by atoms with Crippen LogP contribution in [0.3, 0.4) is 0 Å². The van der Waals surface area contributed by atoms with E-state index in [0.29, 0.717) is 36.2 Å². The minimum atomic E-state index is -0.129. The molecule has 0 aliphatic rings. The van der Waals surface area contributed by atoms with Crippen LogP contribution in [0.15, 0.2) is 18.2 Å². The molecule has 5 nitrogen and oxygen atoms in total. The van der Waals surface area contributed by atoms with Gasteiger partial charge < -0.3 is 20.7 Å². The average molecular weight is 279 g/mol. The van der Waals surface area contributed by atoms with Gasteiger partial charge in [0.15, 0.2) is 0 Å². The molecule has 5 heteroatoms. The van der Waals surface area contributed by atoms with Crippen molar-refractivity contribution in [3.63, 3.8) is 0 Å². The van der Waals surface area contributed by atoms with Gasteiger partial charge in [-0.1, -0.05) is 0 Å². The fourth-order valence-corrected chi connectivity index (χ4v) is 1.71. The van der Waals surface area contributed by atoms with Gasteiger partial charge in [-0.3, -0.25) is 4.79 Å². The first-order valence-corrected chi connectivity index (χ1v) is 6.95. The molecule has 1 amide bonds. The van der Waals surface area contributed by atoms with E-state index in [1.165, 1.54) is 0 Å². The molecule has 112 valence electrons. The number of hydrogen-bond donors (Lipinski definition) is 2. The van der Waals surface area contributed by atoms with E-state index in [4.69, 9.17) is 10.5 Å². The predicted molar refractivity (Wildman–Crippen MR) is 82.1 cm³/mol. The third-order valence-electron chi connectivity index (χ3n) is 3.13. The number of nitrogen functional groups attached to an aromatic ring is 1. The van der Waals surface area contributed by atoms with E-state index < -0.39 is 0 Å². The van der Waals surface area contributed by atoms with Crippen LogP contribution < -0.4 is 15.8 Å². The van der Waals surface area contributed by atoms with Crippen molar-refractivity contribution in [2.45, 2.75) is 26.8 Å². The van der Waals surface area contributed by atoms with Crippen molar-refractivity contribution in [1.29, 1.82) is 0 Å². The molecule has 0 fully saturated rings. The summed E-state index contributed by atoms with van der Waals surface area (Å²) in [6, 6.07) is 5.54. The Morgan fingerprint density at radius 1 is 1.40 bits per heavy atom. The second-order valence-electron chi connectivity index (χ2n) is 5.05. The molecule has 3 N–H and O–H groups in total. The van der Waals surface area contributed by atoms with E-state index in [9.17, 15) is 4.79 Å². The first-order valence-electron chi connectivity index (χ1n) is 6.95. The van der Waals surface area contributed by atoms with Crippen LogP contribution >= 0.6 is 0 Å². The number of carbonyl (C=O) groups is 1. The van der Waals surface area contributed by atoms with Crippen molar-refractivity contribution in [2.75, 3.05) is 32.5 Å². The van der Waals surface area contributed by atoms with Crippen LogP contribution in [0.2, 0.25) is 0 Å². The van der Waals surface area contributed by atoms with E-state index in [0.717, 1.165) is 6.54 Å². The smallest absolute Gasteiger partial charge is 0.251 e. The number of hydrogen-bond acceptors (Lipinski definition) is 4. The lowest BCUT2D eigenvalue weighted by Gasteiger charge is -2.20. The van der Waals surface area contributed by atoms with Gasteiger partial charge >= 0.3 is 0 Å². The van der Waals surface area contributed by atoms with Crippen LogP contribution in [0.4, 0.5) is 5.69 Å². The minimum Gasteiger partial charge on any atom is -0.494 e. The van der Waals surface area contributed by atoms with Crippen LogP contribution in [-0.4, -0.2) is 43.6 Å². The van der Waals surface area contributed by atoms with Gasteiger partial charge in [-0.25, -0.2) is 0 Å². The first kappa shape index (κ1) is 16.3. The lowest BCUT2D eigenvalue weighted by molar-refractivity contribution is 0.0947. The summed E-state index contributed by atoms with van der Waals surface area (Å²) in [5.74, 6) is 0.493. The quantitative estimate of drug-likeness (QED) is 0.746. The zero-order valence-corrected chi connectivity index (χ0v) is 12.8. The molecule has 0 aliphatic heterocycles. The summed E-state index contributed by atoms with van der Waals surface area (Å²) in [7, 11) is 2.03. The van der Waals surface area contributed by atoms with Crippen LogP contribution in [0, 0.1) is 0 Å². The van der Waals surface area contributed by atoms with Crippen molar-refractivity contribution in [3.05, 3.63) is 23.8 Å². The number of nitrogens with one attached hydrogen (secondary N) is 1. The summed E-state index contributed by atoms with van der Waals surface area (Å²) < 4.78 is 5.38. The molecule has 0 atom stereocenters. The lowest BCUT2D eigenvalue weighted by Crippen LogP contribution is -2.36. The molecule has 0 aromatic heterocycles. The van der Waals surface area contributed by atoms with Crippen molar-refractivity contribution in [3.8, 4) is 5.75 Å². The summed E-state index contributed by atoms with van der Waals surface area (Å²) in [4.78, 5) is 14.2. The molecule has 1 aromatic carbocycles. The Kier molecular flexibility index (Phi) is 6.31. The monoisotopic (exact) mass is 279 g/mol. The number of anilines is 1. The highest BCUT2D eigenvalue weighted by molar-refractivity contribution is 5.95. The topological polar surface area (TPSA) is 67.6 Å². The van der Waals surface area contributed by atoms with Gasteiger partial charge in [0.2, 0.25) is 0 Å². The number of benzene rings is 1. The Bertz CT molecular complexity index is 447. The van der Waals surface area contributed by atoms with Crippen LogP contribution in [0.25, 0.3) is 0 Å². The number of rotatable bonds is 7. The van der Waals surface area contributed by atoms with E-state index in [1.807, 2.05) is 14.0 Å². The van der Waals surface area contributed by atoms with Gasteiger partial charge in [0, 0.05) is 36.4 Å². The Morgan fingerprint density at radius 3 is 2.70 bits per heavy atom. The van der Waals surface area contributed by atoms with E-state index in [1.54, 1.807) is 18.2 Å². The molecule has 0 bridgehead atoms. The Hall–Kier alpha value is -1.75. The average Bonchev–Trinajstić information content (AvgIpc) is 2.38. The maximum Gasteiger partial charge on any atom is 0.251 e. The number of nitrogens with zero attached hydrogens (tertiary/aromatic N) is 1. The van der Waals surface area contributed by atoms with E-state index >= 15 is 0 Å². The summed E-state index contributed by atoms with van der Waals surface area (Å²) in [6.45, 7) is 8.09. The van der Waals surface area contributed by atoms with Gasteiger partial charge in [0.1, 0.15) is 5.75 Å². The molecular weight excluding hydrogens is 254 g/mol. The Labute approximate surface area is 121 Å². The van der Waals surface area contributed by atoms with Crippen molar-refractivity contribution < 1.29 is 9.53 Å². The molecule has 1 rings (SSSR count). The molecule has 0 unspecified atom stereocenters. The van der Waals surface area contributed by atoms with Gasteiger partial charge in [-0.15, -0.1) is 0 Å². The first-order chi connectivity index (χ1) is 9.43. The molecule has 0 saturated heterocycles. The van der Waals surface area contributed by atoms with Crippen LogP contribution in [0.1, 0.15) is 31.1 Å². The summed E-state index contributed by atoms with van der Waals surface area (Å²) >= 11 is 0. The highest BCUT2D eigenvalue weighted by Crippen LogP contribution is 2.18. The normalized spacial score (nSPS) is 10.9. The van der Waals surface area contributed by atoms with Crippen LogP contribution in [-0.2, 0) is 0 Å². The maximum atomic E-state index is 12.1. The second kappa shape index (κ2) is 7.75. The third-order valence-corrected chi connectivity index (χ3v) is 3.13. The van der Waals surface area contributed by atoms with Gasteiger partial charge in [0.05, 0.1) is 6.61 Å². The zero-order valence-electron chi connectivity index (χ0n) is 12.8. The lowest BCUT2D eigenvalue weighted by atomic mass is 10.1. The minimum absolute atomic E-state index is 0.129. The summed E-state index contributed by atoms with van der Waals surface area (Å²) in [5, 5.41) is 2.89. The molecule has 0 spiro atoms. The maximum absolute atomic E-state index is 12.1. The molecule has 0 saturated carbocycles. The zero-order chi connectivity index (χ0) is 15.1. The van der Waals surface area contributed by atoms with E-state index in [2.05, 4.69) is 24.1 Å². The second-order valence-corrected chi connectivity index (χ2v) is 5.05. The molecule has 0 heterocycles. The van der Waals surface area contributed by atoms with E-state index in [-0.39, 0.29) is 5.91 Å². The van der Waals surface area contributed by atoms with Gasteiger partial charge in [-0.2, -0.15) is 0 Å². The fourth-order valence-electron chi connectivity index (χ4n) is 1.71. The van der Waals surface area contributed by atoms with Crippen LogP contribution in [0.5, 0.6) is 5.75 Å². The number of likely N-dealkylation sites (N-methyl/N-ethyl adjacent to an activating group) is 1. The largest absolute Gasteiger partial charge is 0.494 e. The van der Waals surface area contributed by atoms with Crippen molar-refractivity contribution in [1.82, 2.24) is 10.2 Å². The van der Waals surface area contributed by atoms with Gasteiger partial charge in [-0.05, 0) is 40.0 Å². The van der Waals surface area contributed by atoms with Gasteiger partial charge in [0.25, 0.3) is 5.91 Å². The Morgan fingerprint density at radius 2 is 2.10 bits per heavy atom.